The molecule has 0 spiro atoms. The number of nitrogens with one attached hydrogen (secondary N) is 2. The van der Waals surface area contributed by atoms with Gasteiger partial charge in [-0.25, -0.2) is 19.9 Å². The second-order valence-electron chi connectivity index (χ2n) is 5.30. The molecule has 1 atom stereocenters. The van der Waals surface area contributed by atoms with Crippen molar-refractivity contribution in [1.29, 1.82) is 0 Å². The molecule has 6 heteroatoms. The summed E-state index contributed by atoms with van der Waals surface area (Å²) in [5.41, 5.74) is 6.08. The van der Waals surface area contributed by atoms with Crippen molar-refractivity contribution in [3.63, 3.8) is 0 Å². The summed E-state index contributed by atoms with van der Waals surface area (Å²) >= 11 is 0. The molecule has 3 aromatic rings. The Hall–Kier alpha value is -2.86. The summed E-state index contributed by atoms with van der Waals surface area (Å²) in [6.45, 7) is 2.06. The maximum absolute atomic E-state index is 12.0. The minimum absolute atomic E-state index is 0.128. The molecular weight excluding hydrogens is 292 g/mol. The number of fused-ring (bicyclic) bond motifs is 1. The summed E-state index contributed by atoms with van der Waals surface area (Å²) in [5.74, 6) is 0. The van der Waals surface area contributed by atoms with E-state index in [1.165, 1.54) is 0 Å². The third-order valence-electron chi connectivity index (χ3n) is 3.68. The smallest absolute Gasteiger partial charge is 0.334 e. The molecule has 118 valence electrons. The van der Waals surface area contributed by atoms with Crippen LogP contribution in [-0.4, -0.2) is 27.3 Å². The fourth-order valence-corrected chi connectivity index (χ4v) is 2.46. The lowest BCUT2D eigenvalue weighted by molar-refractivity contribution is 0.174. The molecule has 0 radical (unpaired) electrons. The van der Waals surface area contributed by atoms with Gasteiger partial charge in [0, 0.05) is 6.54 Å². The Morgan fingerprint density at radius 3 is 2.78 bits per heavy atom. The van der Waals surface area contributed by atoms with Crippen LogP contribution in [0.1, 0.15) is 17.2 Å². The number of nitrogens with zero attached hydrogens (tertiary/aromatic N) is 2. The third kappa shape index (κ3) is 3.32. The van der Waals surface area contributed by atoms with Crippen LogP contribution in [0.5, 0.6) is 0 Å². The summed E-state index contributed by atoms with van der Waals surface area (Å²) in [7, 11) is 0. The van der Waals surface area contributed by atoms with Crippen LogP contribution in [0, 0.1) is 6.92 Å². The number of aromatic nitrogens is 2. The van der Waals surface area contributed by atoms with E-state index in [4.69, 9.17) is 0 Å². The van der Waals surface area contributed by atoms with Gasteiger partial charge in [-0.05, 0) is 30.2 Å². The molecule has 6 nitrogen and oxygen atoms in total. The molecule has 3 rings (SSSR count). The zero-order valence-electron chi connectivity index (χ0n) is 12.7. The number of carbonyl (C=O) groups excluding carboxylic acids is 1. The molecule has 2 amide bonds. The van der Waals surface area contributed by atoms with E-state index in [9.17, 15) is 9.90 Å². The fraction of sp³-hybridized carbons (Fsp3) is 0.176. The maximum atomic E-state index is 12.0. The number of carbonyl (C=O) groups is 1. The SMILES string of the molecule is Cc1ccccc1C(O)CNC(=O)Nn1cnc2ccccc21. The van der Waals surface area contributed by atoms with Gasteiger partial charge in [-0.15, -0.1) is 0 Å². The van der Waals surface area contributed by atoms with Gasteiger partial charge < -0.3 is 10.4 Å². The molecule has 2 aromatic carbocycles. The number of aliphatic hydroxyl groups is 1. The van der Waals surface area contributed by atoms with Crippen LogP contribution in [0.25, 0.3) is 11.0 Å². The number of aliphatic hydroxyl groups excluding tert-OH is 1. The van der Waals surface area contributed by atoms with E-state index in [1.54, 1.807) is 11.0 Å². The molecule has 0 fully saturated rings. The van der Waals surface area contributed by atoms with Crippen molar-refractivity contribution in [2.45, 2.75) is 13.0 Å². The molecular formula is C17H18N4O2. The number of imidazole rings is 1. The molecule has 3 N–H and O–H groups in total. The van der Waals surface area contributed by atoms with Crippen molar-refractivity contribution in [2.75, 3.05) is 12.0 Å². The van der Waals surface area contributed by atoms with Crippen LogP contribution in [0.4, 0.5) is 4.79 Å². The number of rotatable bonds is 4. The average Bonchev–Trinajstić information content (AvgIpc) is 2.96. The fourth-order valence-electron chi connectivity index (χ4n) is 2.46. The van der Waals surface area contributed by atoms with Gasteiger partial charge in [0.15, 0.2) is 0 Å². The molecule has 1 aromatic heterocycles. The van der Waals surface area contributed by atoms with Crippen molar-refractivity contribution in [2.24, 2.45) is 0 Å². The average molecular weight is 310 g/mol. The Morgan fingerprint density at radius 2 is 1.96 bits per heavy atom. The first-order valence-electron chi connectivity index (χ1n) is 7.35. The first-order chi connectivity index (χ1) is 11.1. The maximum Gasteiger partial charge on any atom is 0.334 e. The van der Waals surface area contributed by atoms with Gasteiger partial charge in [0.2, 0.25) is 0 Å². The Labute approximate surface area is 133 Å². The highest BCUT2D eigenvalue weighted by Gasteiger charge is 2.12. The summed E-state index contributed by atoms with van der Waals surface area (Å²) < 4.78 is 1.55. The summed E-state index contributed by atoms with van der Waals surface area (Å²) in [4.78, 5) is 16.2. The van der Waals surface area contributed by atoms with Gasteiger partial charge in [-0.1, -0.05) is 36.4 Å². The van der Waals surface area contributed by atoms with E-state index in [0.717, 1.165) is 22.2 Å². The molecule has 0 aliphatic rings. The van der Waals surface area contributed by atoms with Gasteiger partial charge in [0.25, 0.3) is 0 Å². The molecule has 0 saturated carbocycles. The Bertz CT molecular complexity index is 828. The first-order valence-corrected chi connectivity index (χ1v) is 7.35. The van der Waals surface area contributed by atoms with Crippen LogP contribution in [-0.2, 0) is 0 Å². The molecule has 0 aliphatic heterocycles. The van der Waals surface area contributed by atoms with Crippen LogP contribution in [0.15, 0.2) is 54.9 Å². The lowest BCUT2D eigenvalue weighted by Crippen LogP contribution is -2.36. The standard InChI is InChI=1S/C17H18N4O2/c1-12-6-2-3-7-13(12)16(22)10-18-17(23)20-21-11-19-14-8-4-5-9-15(14)21/h2-9,11,16,22H,10H2,1H3,(H2,18,20,23). The Kier molecular flexibility index (Phi) is 4.25. The highest BCUT2D eigenvalue weighted by Crippen LogP contribution is 2.16. The van der Waals surface area contributed by atoms with E-state index >= 15 is 0 Å². The van der Waals surface area contributed by atoms with E-state index in [-0.39, 0.29) is 6.54 Å². The summed E-state index contributed by atoms with van der Waals surface area (Å²) in [6, 6.07) is 14.7. The second-order valence-corrected chi connectivity index (χ2v) is 5.30. The predicted octanol–water partition coefficient (Wildman–Crippen LogP) is 2.33. The Morgan fingerprint density at radius 1 is 1.22 bits per heavy atom. The van der Waals surface area contributed by atoms with Crippen molar-refractivity contribution in [3.8, 4) is 0 Å². The van der Waals surface area contributed by atoms with Gasteiger partial charge in [-0.2, -0.15) is 0 Å². The van der Waals surface area contributed by atoms with Crippen LogP contribution < -0.4 is 10.7 Å². The van der Waals surface area contributed by atoms with Crippen molar-refractivity contribution < 1.29 is 9.90 Å². The molecule has 23 heavy (non-hydrogen) atoms. The zero-order valence-corrected chi connectivity index (χ0v) is 12.7. The number of urea groups is 1. The van der Waals surface area contributed by atoms with Crippen molar-refractivity contribution >= 4 is 17.1 Å². The van der Waals surface area contributed by atoms with Crippen LogP contribution in [0.2, 0.25) is 0 Å². The van der Waals surface area contributed by atoms with Crippen LogP contribution in [0.3, 0.4) is 0 Å². The van der Waals surface area contributed by atoms with E-state index < -0.39 is 12.1 Å². The molecule has 1 unspecified atom stereocenters. The number of hydrogen-bond donors (Lipinski definition) is 3. The van der Waals surface area contributed by atoms with Gasteiger partial charge in [0.05, 0.1) is 17.1 Å². The lowest BCUT2D eigenvalue weighted by Gasteiger charge is -2.15. The Balaban J connectivity index is 1.61. The van der Waals surface area contributed by atoms with Gasteiger partial charge >= 0.3 is 6.03 Å². The quantitative estimate of drug-likeness (QED) is 0.692. The highest BCUT2D eigenvalue weighted by atomic mass is 16.3. The van der Waals surface area contributed by atoms with Gasteiger partial charge in [-0.3, -0.25) is 0 Å². The van der Waals surface area contributed by atoms with Crippen LogP contribution >= 0.6 is 0 Å². The van der Waals surface area contributed by atoms with E-state index in [0.29, 0.717) is 0 Å². The normalized spacial score (nSPS) is 12.1. The number of para-hydroxylation sites is 2. The molecule has 0 bridgehead atoms. The monoisotopic (exact) mass is 310 g/mol. The summed E-state index contributed by atoms with van der Waals surface area (Å²) in [5, 5.41) is 12.8. The predicted molar refractivity (Wildman–Crippen MR) is 88.6 cm³/mol. The zero-order chi connectivity index (χ0) is 16.2. The second kappa shape index (κ2) is 6.50. The van der Waals surface area contributed by atoms with Crippen molar-refractivity contribution in [3.05, 3.63) is 66.0 Å². The first kappa shape index (κ1) is 15.1. The van der Waals surface area contributed by atoms with Gasteiger partial charge in [0.1, 0.15) is 6.33 Å². The number of aryl methyl sites for hydroxylation is 1. The van der Waals surface area contributed by atoms with E-state index in [2.05, 4.69) is 15.7 Å². The number of benzene rings is 2. The lowest BCUT2D eigenvalue weighted by atomic mass is 10.0. The van der Waals surface area contributed by atoms with E-state index in [1.807, 2.05) is 55.5 Å². The topological polar surface area (TPSA) is 79.2 Å². The molecule has 1 heterocycles. The number of hydrogen-bond acceptors (Lipinski definition) is 3. The highest BCUT2D eigenvalue weighted by molar-refractivity contribution is 5.85. The molecule has 0 saturated heterocycles. The minimum Gasteiger partial charge on any atom is -0.387 e. The molecule has 0 aliphatic carbocycles. The third-order valence-corrected chi connectivity index (χ3v) is 3.68. The summed E-state index contributed by atoms with van der Waals surface area (Å²) in [6.07, 6.45) is 0.795. The largest absolute Gasteiger partial charge is 0.387 e. The minimum atomic E-state index is -0.749. The van der Waals surface area contributed by atoms with Crippen molar-refractivity contribution in [1.82, 2.24) is 15.0 Å². The number of amides is 2.